The standard InChI is InChI=1S/C12H15NO4S/c14-18(15)6-3-10(8-18)13-9-1-2-11-12(7-9)17-5-4-16-11/h1-2,7,10,13H,3-6,8H2/t10-/m1/s1. The van der Waals surface area contributed by atoms with Crippen LogP contribution in [0.25, 0.3) is 0 Å². The topological polar surface area (TPSA) is 64.6 Å². The summed E-state index contributed by atoms with van der Waals surface area (Å²) in [6.45, 7) is 1.12. The molecule has 1 aromatic carbocycles. The molecule has 1 aromatic rings. The highest BCUT2D eigenvalue weighted by atomic mass is 32.2. The van der Waals surface area contributed by atoms with Crippen LogP contribution in [0.5, 0.6) is 11.5 Å². The van der Waals surface area contributed by atoms with Gasteiger partial charge >= 0.3 is 0 Å². The van der Waals surface area contributed by atoms with Crippen molar-refractivity contribution in [2.45, 2.75) is 12.5 Å². The van der Waals surface area contributed by atoms with Gasteiger partial charge in [-0.1, -0.05) is 0 Å². The molecule has 3 rings (SSSR count). The molecule has 2 heterocycles. The molecule has 18 heavy (non-hydrogen) atoms. The van der Waals surface area contributed by atoms with E-state index in [9.17, 15) is 8.42 Å². The molecule has 0 aromatic heterocycles. The second-order valence-corrected chi connectivity index (χ2v) is 6.83. The SMILES string of the molecule is O=S1(=O)CC[C@@H](Nc2ccc3c(c2)OCCO3)C1. The summed E-state index contributed by atoms with van der Waals surface area (Å²) in [5.74, 6) is 1.94. The smallest absolute Gasteiger partial charge is 0.163 e. The predicted octanol–water partition coefficient (Wildman–Crippen LogP) is 1.06. The van der Waals surface area contributed by atoms with Crippen molar-refractivity contribution >= 4 is 15.5 Å². The van der Waals surface area contributed by atoms with Gasteiger partial charge in [0.05, 0.1) is 11.5 Å². The number of hydrogen-bond acceptors (Lipinski definition) is 5. The molecule has 1 fully saturated rings. The zero-order valence-electron chi connectivity index (χ0n) is 9.89. The lowest BCUT2D eigenvalue weighted by molar-refractivity contribution is 0.171. The summed E-state index contributed by atoms with van der Waals surface area (Å²) in [5.41, 5.74) is 0.876. The van der Waals surface area contributed by atoms with Crippen molar-refractivity contribution < 1.29 is 17.9 Å². The van der Waals surface area contributed by atoms with E-state index in [0.717, 1.165) is 11.4 Å². The summed E-state index contributed by atoms with van der Waals surface area (Å²) in [7, 11) is -2.85. The van der Waals surface area contributed by atoms with Crippen molar-refractivity contribution in [3.63, 3.8) is 0 Å². The third-order valence-electron chi connectivity index (χ3n) is 3.15. The molecule has 0 bridgehead atoms. The molecule has 1 N–H and O–H groups in total. The third kappa shape index (κ3) is 2.38. The van der Waals surface area contributed by atoms with E-state index in [0.29, 0.717) is 25.4 Å². The number of rotatable bonds is 2. The van der Waals surface area contributed by atoms with E-state index in [1.807, 2.05) is 18.2 Å². The molecule has 1 atom stereocenters. The quantitative estimate of drug-likeness (QED) is 0.869. The highest BCUT2D eigenvalue weighted by Crippen LogP contribution is 2.33. The Balaban J connectivity index is 1.74. The summed E-state index contributed by atoms with van der Waals surface area (Å²) in [6, 6.07) is 5.59. The molecule has 0 saturated carbocycles. The van der Waals surface area contributed by atoms with Crippen LogP contribution in [0.3, 0.4) is 0 Å². The molecule has 5 nitrogen and oxygen atoms in total. The van der Waals surface area contributed by atoms with Crippen molar-refractivity contribution in [3.8, 4) is 11.5 Å². The minimum absolute atomic E-state index is 0.00226. The lowest BCUT2D eigenvalue weighted by Gasteiger charge is -2.20. The number of sulfone groups is 1. The van der Waals surface area contributed by atoms with Crippen LogP contribution in [0, 0.1) is 0 Å². The van der Waals surface area contributed by atoms with E-state index in [4.69, 9.17) is 9.47 Å². The zero-order valence-corrected chi connectivity index (χ0v) is 10.7. The number of ether oxygens (including phenoxy) is 2. The van der Waals surface area contributed by atoms with Crippen molar-refractivity contribution in [3.05, 3.63) is 18.2 Å². The molecule has 0 amide bonds. The molecular weight excluding hydrogens is 254 g/mol. The summed E-state index contributed by atoms with van der Waals surface area (Å²) in [5, 5.41) is 3.23. The summed E-state index contributed by atoms with van der Waals surface area (Å²) < 4.78 is 33.7. The predicted molar refractivity (Wildman–Crippen MR) is 68.1 cm³/mol. The van der Waals surface area contributed by atoms with Crippen LogP contribution < -0.4 is 14.8 Å². The Hall–Kier alpha value is -1.43. The lowest BCUT2D eigenvalue weighted by Crippen LogP contribution is -2.21. The Morgan fingerprint density at radius 2 is 1.94 bits per heavy atom. The van der Waals surface area contributed by atoms with Crippen molar-refractivity contribution in [1.29, 1.82) is 0 Å². The molecule has 0 aliphatic carbocycles. The second kappa shape index (κ2) is 4.35. The highest BCUT2D eigenvalue weighted by Gasteiger charge is 2.27. The Morgan fingerprint density at radius 1 is 1.17 bits per heavy atom. The van der Waals surface area contributed by atoms with Crippen LogP contribution >= 0.6 is 0 Å². The minimum atomic E-state index is -2.85. The molecule has 2 aliphatic rings. The first-order chi connectivity index (χ1) is 8.62. The Bertz CT molecular complexity index is 555. The molecule has 0 spiro atoms. The van der Waals surface area contributed by atoms with E-state index in [-0.39, 0.29) is 17.5 Å². The molecule has 0 unspecified atom stereocenters. The molecule has 98 valence electrons. The van der Waals surface area contributed by atoms with E-state index < -0.39 is 9.84 Å². The molecule has 6 heteroatoms. The molecular formula is C12H15NO4S. The van der Waals surface area contributed by atoms with Crippen LogP contribution in [0.2, 0.25) is 0 Å². The Morgan fingerprint density at radius 3 is 2.67 bits per heavy atom. The fourth-order valence-electron chi connectivity index (χ4n) is 2.28. The maximum Gasteiger partial charge on any atom is 0.163 e. The second-order valence-electron chi connectivity index (χ2n) is 4.60. The van der Waals surface area contributed by atoms with Crippen molar-refractivity contribution in [2.75, 3.05) is 30.0 Å². The van der Waals surface area contributed by atoms with Gasteiger partial charge in [-0.2, -0.15) is 0 Å². The Labute approximate surface area is 106 Å². The van der Waals surface area contributed by atoms with Crippen molar-refractivity contribution in [2.24, 2.45) is 0 Å². The largest absolute Gasteiger partial charge is 0.486 e. The van der Waals surface area contributed by atoms with E-state index in [1.165, 1.54) is 0 Å². The van der Waals surface area contributed by atoms with Gasteiger partial charge in [0, 0.05) is 17.8 Å². The monoisotopic (exact) mass is 269 g/mol. The number of hydrogen-bond donors (Lipinski definition) is 1. The summed E-state index contributed by atoms with van der Waals surface area (Å²) in [4.78, 5) is 0. The van der Waals surface area contributed by atoms with Gasteiger partial charge in [0.1, 0.15) is 13.2 Å². The average molecular weight is 269 g/mol. The van der Waals surface area contributed by atoms with Crippen LogP contribution in [-0.4, -0.2) is 39.2 Å². The number of benzene rings is 1. The summed E-state index contributed by atoms with van der Waals surface area (Å²) in [6.07, 6.45) is 0.663. The Kier molecular flexibility index (Phi) is 2.81. The first-order valence-electron chi connectivity index (χ1n) is 5.99. The first kappa shape index (κ1) is 11.6. The van der Waals surface area contributed by atoms with Gasteiger partial charge < -0.3 is 14.8 Å². The van der Waals surface area contributed by atoms with Gasteiger partial charge in [0.15, 0.2) is 21.3 Å². The maximum absolute atomic E-state index is 11.4. The highest BCUT2D eigenvalue weighted by molar-refractivity contribution is 7.91. The van der Waals surface area contributed by atoms with Gasteiger partial charge in [-0.3, -0.25) is 0 Å². The number of fused-ring (bicyclic) bond motifs is 1. The minimum Gasteiger partial charge on any atom is -0.486 e. The van der Waals surface area contributed by atoms with Crippen molar-refractivity contribution in [1.82, 2.24) is 0 Å². The van der Waals surface area contributed by atoms with Crippen LogP contribution in [0.4, 0.5) is 5.69 Å². The zero-order chi connectivity index (χ0) is 12.6. The normalized spacial score (nSPS) is 24.8. The lowest BCUT2D eigenvalue weighted by atomic mass is 10.2. The van der Waals surface area contributed by atoms with E-state index >= 15 is 0 Å². The maximum atomic E-state index is 11.4. The number of anilines is 1. The van der Waals surface area contributed by atoms with Gasteiger partial charge in [-0.15, -0.1) is 0 Å². The van der Waals surface area contributed by atoms with Gasteiger partial charge in [0.2, 0.25) is 0 Å². The average Bonchev–Trinajstić information content (AvgIpc) is 2.68. The summed E-state index contributed by atoms with van der Waals surface area (Å²) >= 11 is 0. The molecule has 1 saturated heterocycles. The van der Waals surface area contributed by atoms with E-state index in [2.05, 4.69) is 5.32 Å². The van der Waals surface area contributed by atoms with Gasteiger partial charge in [0.25, 0.3) is 0 Å². The van der Waals surface area contributed by atoms with Gasteiger partial charge in [-0.25, -0.2) is 8.42 Å². The molecule has 0 radical (unpaired) electrons. The van der Waals surface area contributed by atoms with E-state index in [1.54, 1.807) is 0 Å². The first-order valence-corrected chi connectivity index (χ1v) is 7.81. The van der Waals surface area contributed by atoms with Crippen LogP contribution in [0.1, 0.15) is 6.42 Å². The van der Waals surface area contributed by atoms with Crippen LogP contribution in [0.15, 0.2) is 18.2 Å². The number of nitrogens with one attached hydrogen (secondary N) is 1. The third-order valence-corrected chi connectivity index (χ3v) is 4.91. The fraction of sp³-hybridized carbons (Fsp3) is 0.500. The molecule has 2 aliphatic heterocycles. The van der Waals surface area contributed by atoms with Crippen LogP contribution in [-0.2, 0) is 9.84 Å². The van der Waals surface area contributed by atoms with Gasteiger partial charge in [-0.05, 0) is 18.6 Å². The fourth-order valence-corrected chi connectivity index (χ4v) is 3.95.